The molecule has 0 bridgehead atoms. The summed E-state index contributed by atoms with van der Waals surface area (Å²) in [5.41, 5.74) is 5.69. The zero-order valence-corrected chi connectivity index (χ0v) is 19.0. The maximum absolute atomic E-state index is 13.1. The lowest BCUT2D eigenvalue weighted by Crippen LogP contribution is -2.63. The van der Waals surface area contributed by atoms with Crippen molar-refractivity contribution in [2.24, 2.45) is 5.41 Å². The number of hydrogen-bond donors (Lipinski definition) is 2. The normalized spacial score (nSPS) is 16.6. The Morgan fingerprint density at radius 3 is 2.62 bits per heavy atom. The van der Waals surface area contributed by atoms with Crippen LogP contribution in [0.5, 0.6) is 0 Å². The highest BCUT2D eigenvalue weighted by atomic mass is 16.2. The molecule has 2 saturated heterocycles. The van der Waals surface area contributed by atoms with Crippen LogP contribution in [0, 0.1) is 17.3 Å². The van der Waals surface area contributed by atoms with Crippen molar-refractivity contribution in [3.8, 4) is 23.0 Å². The van der Waals surface area contributed by atoms with Crippen LogP contribution in [-0.4, -0.2) is 47.2 Å². The summed E-state index contributed by atoms with van der Waals surface area (Å²) in [5.74, 6) is 6.67. The van der Waals surface area contributed by atoms with E-state index in [-0.39, 0.29) is 11.3 Å². The number of aromatic amines is 1. The van der Waals surface area contributed by atoms with Crippen LogP contribution in [0.25, 0.3) is 22.0 Å². The number of aromatic nitrogens is 2. The molecule has 3 aromatic carbocycles. The summed E-state index contributed by atoms with van der Waals surface area (Å²) in [4.78, 5) is 15.1. The molecule has 0 saturated carbocycles. The minimum Gasteiger partial charge on any atom is -0.337 e. The number of H-pyrrole nitrogens is 1. The summed E-state index contributed by atoms with van der Waals surface area (Å²) in [6.07, 6.45) is 2.40. The van der Waals surface area contributed by atoms with Gasteiger partial charge in [0.05, 0.1) is 5.52 Å². The molecule has 5 nitrogen and oxygen atoms in total. The molecule has 0 atom stereocenters. The van der Waals surface area contributed by atoms with Crippen molar-refractivity contribution < 1.29 is 4.79 Å². The number of fused-ring (bicyclic) bond motifs is 1. The highest BCUT2D eigenvalue weighted by Gasteiger charge is 2.45. The third kappa shape index (κ3) is 3.76. The average Bonchev–Trinajstić information content (AvgIpc) is 3.29. The number of rotatable bonds is 2. The van der Waals surface area contributed by atoms with Crippen molar-refractivity contribution in [3.63, 3.8) is 0 Å². The Kier molecular flexibility index (Phi) is 5.16. The molecule has 168 valence electrons. The smallest absolute Gasteiger partial charge is 0.253 e. The lowest BCUT2D eigenvalue weighted by atomic mass is 9.74. The molecule has 2 aliphatic heterocycles. The topological polar surface area (TPSA) is 61.0 Å². The van der Waals surface area contributed by atoms with Crippen molar-refractivity contribution >= 4 is 16.8 Å². The average molecular weight is 447 g/mol. The second-order valence-corrected chi connectivity index (χ2v) is 9.43. The van der Waals surface area contributed by atoms with Gasteiger partial charge in [-0.3, -0.25) is 9.89 Å². The van der Waals surface area contributed by atoms with Crippen LogP contribution in [0.1, 0.15) is 34.5 Å². The highest BCUT2D eigenvalue weighted by molar-refractivity contribution is 5.99. The Morgan fingerprint density at radius 2 is 1.79 bits per heavy atom. The third-order valence-electron chi connectivity index (χ3n) is 7.04. The maximum atomic E-state index is 13.1. The SMILES string of the molecule is O=C(c1ccc2n[nH]c(C#Cc3ccccc3-c3ccccc3)c2c1)N1CC2(CCCNC2)C1. The number of benzene rings is 3. The molecule has 1 aromatic heterocycles. The van der Waals surface area contributed by atoms with Gasteiger partial charge in [0.25, 0.3) is 5.91 Å². The van der Waals surface area contributed by atoms with Crippen LogP contribution < -0.4 is 5.32 Å². The first-order chi connectivity index (χ1) is 16.7. The third-order valence-corrected chi connectivity index (χ3v) is 7.04. The summed E-state index contributed by atoms with van der Waals surface area (Å²) in [6, 6.07) is 24.1. The van der Waals surface area contributed by atoms with Gasteiger partial charge in [-0.2, -0.15) is 5.10 Å². The number of piperidine rings is 1. The summed E-state index contributed by atoms with van der Waals surface area (Å²) in [5, 5.41) is 11.8. The van der Waals surface area contributed by atoms with E-state index >= 15 is 0 Å². The van der Waals surface area contributed by atoms with E-state index in [2.05, 4.69) is 45.6 Å². The van der Waals surface area contributed by atoms with Gasteiger partial charge in [-0.15, -0.1) is 0 Å². The lowest BCUT2D eigenvalue weighted by Gasteiger charge is -2.52. The van der Waals surface area contributed by atoms with E-state index in [9.17, 15) is 4.79 Å². The maximum Gasteiger partial charge on any atom is 0.253 e. The van der Waals surface area contributed by atoms with Gasteiger partial charge in [0.15, 0.2) is 0 Å². The van der Waals surface area contributed by atoms with E-state index in [4.69, 9.17) is 0 Å². The lowest BCUT2D eigenvalue weighted by molar-refractivity contribution is -0.00721. The summed E-state index contributed by atoms with van der Waals surface area (Å²) < 4.78 is 0. The van der Waals surface area contributed by atoms with Crippen LogP contribution in [0.2, 0.25) is 0 Å². The number of nitrogens with zero attached hydrogens (tertiary/aromatic N) is 2. The molecule has 3 heterocycles. The quantitative estimate of drug-likeness (QED) is 0.447. The Hall–Kier alpha value is -3.88. The molecule has 4 aromatic rings. The van der Waals surface area contributed by atoms with E-state index in [0.29, 0.717) is 5.56 Å². The number of carbonyl (C=O) groups excluding carboxylic acids is 1. The summed E-state index contributed by atoms with van der Waals surface area (Å²) >= 11 is 0. The molecule has 34 heavy (non-hydrogen) atoms. The van der Waals surface area contributed by atoms with E-state index in [1.807, 2.05) is 59.5 Å². The monoisotopic (exact) mass is 446 g/mol. The minimum absolute atomic E-state index is 0.0904. The first-order valence-corrected chi connectivity index (χ1v) is 11.9. The van der Waals surface area contributed by atoms with E-state index in [1.165, 1.54) is 12.8 Å². The molecular formula is C29H26N4O. The van der Waals surface area contributed by atoms with Crippen molar-refractivity contribution in [2.45, 2.75) is 12.8 Å². The number of likely N-dealkylation sites (tertiary alicyclic amines) is 1. The fraction of sp³-hybridized carbons (Fsp3) is 0.241. The Balaban J connectivity index is 1.27. The largest absolute Gasteiger partial charge is 0.337 e. The first kappa shape index (κ1) is 20.7. The zero-order chi connectivity index (χ0) is 23.0. The van der Waals surface area contributed by atoms with Crippen LogP contribution >= 0.6 is 0 Å². The molecule has 0 aliphatic carbocycles. The molecule has 2 fully saturated rings. The number of hydrogen-bond acceptors (Lipinski definition) is 3. The van der Waals surface area contributed by atoms with E-state index in [0.717, 1.165) is 59.5 Å². The fourth-order valence-electron chi connectivity index (χ4n) is 5.22. The Labute approximate surface area is 199 Å². The van der Waals surface area contributed by atoms with E-state index < -0.39 is 0 Å². The Morgan fingerprint density at radius 1 is 0.971 bits per heavy atom. The van der Waals surface area contributed by atoms with Crippen molar-refractivity contribution in [1.82, 2.24) is 20.4 Å². The van der Waals surface area contributed by atoms with Gasteiger partial charge in [0.1, 0.15) is 5.69 Å². The summed E-state index contributed by atoms with van der Waals surface area (Å²) in [6.45, 7) is 3.78. The molecule has 2 N–H and O–H groups in total. The first-order valence-electron chi connectivity index (χ1n) is 11.9. The van der Waals surface area contributed by atoms with Gasteiger partial charge < -0.3 is 10.2 Å². The van der Waals surface area contributed by atoms with Gasteiger partial charge in [0, 0.05) is 41.6 Å². The van der Waals surface area contributed by atoms with Crippen LogP contribution in [0.4, 0.5) is 0 Å². The molecule has 0 unspecified atom stereocenters. The molecule has 1 amide bonds. The van der Waals surface area contributed by atoms with Crippen LogP contribution in [0.3, 0.4) is 0 Å². The van der Waals surface area contributed by atoms with E-state index in [1.54, 1.807) is 0 Å². The molecule has 2 aliphatic rings. The van der Waals surface area contributed by atoms with Gasteiger partial charge in [-0.05, 0) is 60.7 Å². The van der Waals surface area contributed by atoms with Crippen LogP contribution in [-0.2, 0) is 0 Å². The summed E-state index contributed by atoms with van der Waals surface area (Å²) in [7, 11) is 0. The molecular weight excluding hydrogens is 420 g/mol. The second-order valence-electron chi connectivity index (χ2n) is 9.43. The number of amides is 1. The predicted molar refractivity (Wildman–Crippen MR) is 134 cm³/mol. The molecule has 6 rings (SSSR count). The van der Waals surface area contributed by atoms with Gasteiger partial charge in [-0.25, -0.2) is 0 Å². The van der Waals surface area contributed by atoms with Gasteiger partial charge in [0.2, 0.25) is 0 Å². The molecule has 1 spiro atoms. The number of carbonyl (C=O) groups is 1. The molecule has 5 heteroatoms. The van der Waals surface area contributed by atoms with Crippen molar-refractivity contribution in [2.75, 3.05) is 26.2 Å². The van der Waals surface area contributed by atoms with Crippen LogP contribution in [0.15, 0.2) is 72.8 Å². The second kappa shape index (κ2) is 8.48. The zero-order valence-electron chi connectivity index (χ0n) is 19.0. The highest BCUT2D eigenvalue weighted by Crippen LogP contribution is 2.37. The predicted octanol–water partition coefficient (Wildman–Crippen LogP) is 4.46. The van der Waals surface area contributed by atoms with Crippen molar-refractivity contribution in [3.05, 3.63) is 89.6 Å². The molecule has 0 radical (unpaired) electrons. The standard InChI is InChI=1S/C29H26N4O/c34-28(33-19-29(20-33)15-6-16-30-18-29)23-12-14-27-25(17-23)26(31-32-27)13-11-22-9-4-5-10-24(22)21-7-2-1-3-8-21/h1-5,7-10,12,14,17,30H,6,15-16,18-20H2,(H,31,32). The Bertz CT molecular complexity index is 1410. The van der Waals surface area contributed by atoms with Gasteiger partial charge >= 0.3 is 0 Å². The van der Waals surface area contributed by atoms with Gasteiger partial charge in [-0.1, -0.05) is 54.5 Å². The fourth-order valence-corrected chi connectivity index (χ4v) is 5.22. The van der Waals surface area contributed by atoms with Crippen molar-refractivity contribution in [1.29, 1.82) is 0 Å². The number of nitrogens with one attached hydrogen (secondary N) is 2. The minimum atomic E-state index is 0.0904.